The fourth-order valence-electron chi connectivity index (χ4n) is 1.28. The van der Waals surface area contributed by atoms with Crippen molar-refractivity contribution in [2.75, 3.05) is 7.11 Å². The molecule has 0 radical (unpaired) electrons. The van der Waals surface area contributed by atoms with Gasteiger partial charge >= 0.3 is 5.97 Å². The van der Waals surface area contributed by atoms with Crippen molar-refractivity contribution in [2.45, 2.75) is 12.8 Å². The van der Waals surface area contributed by atoms with Gasteiger partial charge in [0, 0.05) is 12.1 Å². The van der Waals surface area contributed by atoms with Crippen LogP contribution in [0.15, 0.2) is 18.2 Å². The molecule has 1 atom stereocenters. The van der Waals surface area contributed by atoms with Crippen LogP contribution < -0.4 is 0 Å². The van der Waals surface area contributed by atoms with Crippen molar-refractivity contribution in [3.63, 3.8) is 0 Å². The third-order valence-electron chi connectivity index (χ3n) is 2.22. The largest absolute Gasteiger partial charge is 0.469 e. The Bertz CT molecular complexity index is 433. The van der Waals surface area contributed by atoms with Gasteiger partial charge in [0.2, 0.25) is 0 Å². The summed E-state index contributed by atoms with van der Waals surface area (Å²) in [5.74, 6) is -0.978. The number of ether oxygens (including phenoxy) is 1. The summed E-state index contributed by atoms with van der Waals surface area (Å²) in [4.78, 5) is 21.2. The first-order valence-electron chi connectivity index (χ1n) is 4.49. The predicted octanol–water partition coefficient (Wildman–Crippen LogP) is 2.52. The van der Waals surface area contributed by atoms with Gasteiger partial charge in [0.05, 0.1) is 23.0 Å². The minimum Gasteiger partial charge on any atom is -0.469 e. The van der Waals surface area contributed by atoms with Crippen molar-refractivity contribution < 1.29 is 14.5 Å². The average Bonchev–Trinajstić information content (AvgIpc) is 2.26. The van der Waals surface area contributed by atoms with Gasteiger partial charge in [0.15, 0.2) is 0 Å². The summed E-state index contributed by atoms with van der Waals surface area (Å²) >= 11 is 5.86. The summed E-state index contributed by atoms with van der Waals surface area (Å²) in [6.45, 7) is 1.62. The van der Waals surface area contributed by atoms with E-state index in [2.05, 4.69) is 4.74 Å². The normalized spacial score (nSPS) is 11.9. The molecule has 0 N–H and O–H groups in total. The van der Waals surface area contributed by atoms with Gasteiger partial charge in [-0.25, -0.2) is 0 Å². The highest BCUT2D eigenvalue weighted by Crippen LogP contribution is 2.28. The molecule has 16 heavy (non-hydrogen) atoms. The molecule has 1 aromatic rings. The zero-order valence-electron chi connectivity index (χ0n) is 8.77. The quantitative estimate of drug-likeness (QED) is 0.465. The van der Waals surface area contributed by atoms with Gasteiger partial charge in [-0.05, 0) is 18.6 Å². The van der Waals surface area contributed by atoms with E-state index >= 15 is 0 Å². The van der Waals surface area contributed by atoms with Crippen molar-refractivity contribution in [3.8, 4) is 0 Å². The second-order valence-electron chi connectivity index (χ2n) is 3.21. The number of halogens is 1. The van der Waals surface area contributed by atoms with Gasteiger partial charge in [-0.3, -0.25) is 14.9 Å². The number of hydrogen-bond donors (Lipinski definition) is 0. The van der Waals surface area contributed by atoms with Crippen LogP contribution in [-0.4, -0.2) is 18.0 Å². The Hall–Kier alpha value is -1.62. The van der Waals surface area contributed by atoms with E-state index in [0.29, 0.717) is 5.56 Å². The minimum absolute atomic E-state index is 0.106. The standard InChI is InChI=1S/C10H10ClNO4/c1-6(10(13)16-2)8-4-3-7(12(14)15)5-9(8)11/h3-6H,1-2H3. The van der Waals surface area contributed by atoms with Crippen LogP contribution in [-0.2, 0) is 9.53 Å². The molecule has 0 heterocycles. The van der Waals surface area contributed by atoms with E-state index in [1.807, 2.05) is 0 Å². The molecule has 86 valence electrons. The lowest BCUT2D eigenvalue weighted by molar-refractivity contribution is -0.384. The van der Waals surface area contributed by atoms with Crippen LogP contribution in [0.1, 0.15) is 18.4 Å². The number of non-ortho nitro benzene ring substituents is 1. The van der Waals surface area contributed by atoms with E-state index in [0.717, 1.165) is 0 Å². The monoisotopic (exact) mass is 243 g/mol. The molecule has 1 rings (SSSR count). The van der Waals surface area contributed by atoms with Crippen molar-refractivity contribution in [1.82, 2.24) is 0 Å². The van der Waals surface area contributed by atoms with Crippen LogP contribution in [0.3, 0.4) is 0 Å². The predicted molar refractivity (Wildman–Crippen MR) is 58.5 cm³/mol. The Morgan fingerprint density at radius 3 is 2.62 bits per heavy atom. The summed E-state index contributed by atoms with van der Waals surface area (Å²) in [6, 6.07) is 3.99. The lowest BCUT2D eigenvalue weighted by Crippen LogP contribution is -2.11. The molecule has 1 aromatic carbocycles. The average molecular weight is 244 g/mol. The fraction of sp³-hybridized carbons (Fsp3) is 0.300. The molecule has 0 aliphatic rings. The lowest BCUT2D eigenvalue weighted by Gasteiger charge is -2.10. The van der Waals surface area contributed by atoms with Crippen LogP contribution in [0.2, 0.25) is 5.02 Å². The Labute approximate surface area is 97.1 Å². The Kier molecular flexibility index (Phi) is 3.84. The first kappa shape index (κ1) is 12.4. The van der Waals surface area contributed by atoms with E-state index < -0.39 is 16.8 Å². The van der Waals surface area contributed by atoms with Crippen molar-refractivity contribution >= 4 is 23.3 Å². The molecule has 0 saturated carbocycles. The first-order chi connectivity index (χ1) is 7.47. The number of nitro groups is 1. The smallest absolute Gasteiger partial charge is 0.312 e. The van der Waals surface area contributed by atoms with Gasteiger partial charge in [-0.1, -0.05) is 11.6 Å². The van der Waals surface area contributed by atoms with E-state index in [1.165, 1.54) is 25.3 Å². The maximum Gasteiger partial charge on any atom is 0.312 e. The number of carbonyl (C=O) groups is 1. The molecule has 0 amide bonds. The number of carbonyl (C=O) groups excluding carboxylic acids is 1. The van der Waals surface area contributed by atoms with E-state index in [9.17, 15) is 14.9 Å². The van der Waals surface area contributed by atoms with E-state index in [4.69, 9.17) is 11.6 Å². The third kappa shape index (κ3) is 2.49. The van der Waals surface area contributed by atoms with Gasteiger partial charge < -0.3 is 4.74 Å². The summed E-state index contributed by atoms with van der Waals surface area (Å²) in [7, 11) is 1.28. The van der Waals surface area contributed by atoms with Gasteiger partial charge in [-0.2, -0.15) is 0 Å². The van der Waals surface area contributed by atoms with Crippen LogP contribution in [0.25, 0.3) is 0 Å². The Morgan fingerprint density at radius 2 is 2.19 bits per heavy atom. The molecular formula is C10H10ClNO4. The molecule has 1 unspecified atom stereocenters. The van der Waals surface area contributed by atoms with Crippen LogP contribution in [0.4, 0.5) is 5.69 Å². The second-order valence-corrected chi connectivity index (χ2v) is 3.61. The van der Waals surface area contributed by atoms with Crippen molar-refractivity contribution in [2.24, 2.45) is 0 Å². The number of esters is 1. The van der Waals surface area contributed by atoms with Crippen LogP contribution in [0, 0.1) is 10.1 Å². The first-order valence-corrected chi connectivity index (χ1v) is 4.86. The van der Waals surface area contributed by atoms with E-state index in [1.54, 1.807) is 6.92 Å². The van der Waals surface area contributed by atoms with Crippen molar-refractivity contribution in [3.05, 3.63) is 38.9 Å². The molecule has 0 saturated heterocycles. The van der Waals surface area contributed by atoms with Crippen LogP contribution >= 0.6 is 11.6 Å². The topological polar surface area (TPSA) is 69.4 Å². The van der Waals surface area contributed by atoms with Crippen LogP contribution in [0.5, 0.6) is 0 Å². The number of benzene rings is 1. The van der Waals surface area contributed by atoms with Gasteiger partial charge in [0.25, 0.3) is 5.69 Å². The van der Waals surface area contributed by atoms with Crippen molar-refractivity contribution in [1.29, 1.82) is 0 Å². The molecule has 0 aliphatic carbocycles. The number of nitrogens with zero attached hydrogens (tertiary/aromatic N) is 1. The maximum atomic E-state index is 11.3. The highest BCUT2D eigenvalue weighted by Gasteiger charge is 2.20. The summed E-state index contributed by atoms with van der Waals surface area (Å²) < 4.78 is 4.57. The molecule has 0 bridgehead atoms. The summed E-state index contributed by atoms with van der Waals surface area (Å²) in [6.07, 6.45) is 0. The fourth-order valence-corrected chi connectivity index (χ4v) is 1.62. The highest BCUT2D eigenvalue weighted by atomic mass is 35.5. The lowest BCUT2D eigenvalue weighted by atomic mass is 10.0. The maximum absolute atomic E-state index is 11.3. The van der Waals surface area contributed by atoms with Gasteiger partial charge in [-0.15, -0.1) is 0 Å². The minimum atomic E-state index is -0.543. The zero-order valence-corrected chi connectivity index (χ0v) is 9.52. The summed E-state index contributed by atoms with van der Waals surface area (Å²) in [5.41, 5.74) is 0.407. The summed E-state index contributed by atoms with van der Waals surface area (Å²) in [5, 5.41) is 10.7. The SMILES string of the molecule is COC(=O)C(C)c1ccc([N+](=O)[O-])cc1Cl. The molecule has 6 heteroatoms. The van der Waals surface area contributed by atoms with E-state index in [-0.39, 0.29) is 10.7 Å². The Balaban J connectivity index is 3.08. The van der Waals surface area contributed by atoms with Gasteiger partial charge in [0.1, 0.15) is 0 Å². The second kappa shape index (κ2) is 4.94. The molecule has 0 aliphatic heterocycles. The molecule has 0 spiro atoms. The molecule has 0 fully saturated rings. The number of nitro benzene ring substituents is 1. The molecular weight excluding hydrogens is 234 g/mol. The molecule has 0 aromatic heterocycles. The highest BCUT2D eigenvalue weighted by molar-refractivity contribution is 6.31. The third-order valence-corrected chi connectivity index (χ3v) is 2.54. The Morgan fingerprint density at radius 1 is 1.56 bits per heavy atom. The number of hydrogen-bond acceptors (Lipinski definition) is 4. The number of rotatable bonds is 3. The number of methoxy groups -OCH3 is 1. The molecule has 5 nitrogen and oxygen atoms in total. The zero-order chi connectivity index (χ0) is 12.3.